The van der Waals surface area contributed by atoms with Gasteiger partial charge in [0.05, 0.1) is 4.90 Å². The van der Waals surface area contributed by atoms with Crippen molar-refractivity contribution in [2.75, 3.05) is 12.8 Å². The summed E-state index contributed by atoms with van der Waals surface area (Å²) >= 11 is 0. The molecule has 1 atom stereocenters. The van der Waals surface area contributed by atoms with Gasteiger partial charge in [0.2, 0.25) is 0 Å². The average molecular weight is 267 g/mol. The zero-order valence-electron chi connectivity index (χ0n) is 11.0. The summed E-state index contributed by atoms with van der Waals surface area (Å²) < 4.78 is 23.1. The number of rotatable bonds is 7. The van der Waals surface area contributed by atoms with Crippen molar-refractivity contribution in [3.63, 3.8) is 0 Å². The Morgan fingerprint density at radius 2 is 2.17 bits per heavy atom. The molecule has 0 saturated carbocycles. The summed E-state index contributed by atoms with van der Waals surface area (Å²) in [5.74, 6) is 0. The van der Waals surface area contributed by atoms with Crippen molar-refractivity contribution in [2.24, 2.45) is 0 Å². The van der Waals surface area contributed by atoms with Crippen LogP contribution in [0.5, 0.6) is 0 Å². The van der Waals surface area contributed by atoms with Gasteiger partial charge in [0, 0.05) is 12.3 Å². The normalized spacial score (nSPS) is 13.2. The Morgan fingerprint density at radius 1 is 1.44 bits per heavy atom. The zero-order chi connectivity index (χ0) is 13.6. The first-order valence-corrected chi connectivity index (χ1v) is 8.02. The molecule has 0 aliphatic rings. The Morgan fingerprint density at radius 3 is 2.72 bits per heavy atom. The predicted molar refractivity (Wildman–Crippen MR) is 75.4 cm³/mol. The molecule has 0 aliphatic heterocycles. The highest BCUT2D eigenvalue weighted by molar-refractivity contribution is 7.90. The monoisotopic (exact) mass is 267 g/mol. The second-order valence-electron chi connectivity index (χ2n) is 4.38. The number of hydrogen-bond donors (Lipinski definition) is 1. The van der Waals surface area contributed by atoms with Gasteiger partial charge in [0.1, 0.15) is 0 Å². The minimum Gasteiger partial charge on any atom is -0.310 e. The van der Waals surface area contributed by atoms with Gasteiger partial charge in [-0.05, 0) is 37.1 Å². The van der Waals surface area contributed by atoms with E-state index in [4.69, 9.17) is 0 Å². The first kappa shape index (κ1) is 14.9. The molecule has 1 aromatic carbocycles. The highest BCUT2D eigenvalue weighted by Crippen LogP contribution is 2.20. The third-order valence-corrected chi connectivity index (χ3v) is 3.84. The maximum Gasteiger partial charge on any atom is 0.175 e. The SMILES string of the molecule is C=CCC(NCCC)c1cccc(S(C)(=O)=O)c1. The minimum absolute atomic E-state index is 0.129. The molecule has 3 nitrogen and oxygen atoms in total. The van der Waals surface area contributed by atoms with E-state index in [1.165, 1.54) is 6.26 Å². The molecular weight excluding hydrogens is 246 g/mol. The van der Waals surface area contributed by atoms with Crippen molar-refractivity contribution in [3.05, 3.63) is 42.5 Å². The van der Waals surface area contributed by atoms with E-state index in [1.807, 2.05) is 12.1 Å². The minimum atomic E-state index is -3.15. The zero-order valence-corrected chi connectivity index (χ0v) is 11.8. The van der Waals surface area contributed by atoms with E-state index in [9.17, 15) is 8.42 Å². The first-order chi connectivity index (χ1) is 8.49. The summed E-state index contributed by atoms with van der Waals surface area (Å²) in [6.45, 7) is 6.75. The molecule has 100 valence electrons. The van der Waals surface area contributed by atoms with Gasteiger partial charge < -0.3 is 5.32 Å². The second kappa shape index (κ2) is 6.71. The van der Waals surface area contributed by atoms with Crippen LogP contribution in [0.2, 0.25) is 0 Å². The molecule has 1 aromatic rings. The molecule has 1 N–H and O–H groups in total. The van der Waals surface area contributed by atoms with Gasteiger partial charge in [-0.15, -0.1) is 6.58 Å². The summed E-state index contributed by atoms with van der Waals surface area (Å²) in [6.07, 6.45) is 4.90. The first-order valence-electron chi connectivity index (χ1n) is 6.13. The van der Waals surface area contributed by atoms with E-state index in [2.05, 4.69) is 18.8 Å². The average Bonchev–Trinajstić information content (AvgIpc) is 2.33. The fourth-order valence-electron chi connectivity index (χ4n) is 1.78. The maximum absolute atomic E-state index is 11.5. The maximum atomic E-state index is 11.5. The van der Waals surface area contributed by atoms with Crippen molar-refractivity contribution in [2.45, 2.75) is 30.7 Å². The van der Waals surface area contributed by atoms with Gasteiger partial charge >= 0.3 is 0 Å². The summed E-state index contributed by atoms with van der Waals surface area (Å²) in [6, 6.07) is 7.24. The van der Waals surface area contributed by atoms with E-state index in [-0.39, 0.29) is 6.04 Å². The van der Waals surface area contributed by atoms with Gasteiger partial charge in [0.25, 0.3) is 0 Å². The van der Waals surface area contributed by atoms with Gasteiger partial charge in [0.15, 0.2) is 9.84 Å². The molecule has 0 aromatic heterocycles. The van der Waals surface area contributed by atoms with E-state index in [0.717, 1.165) is 24.9 Å². The molecule has 0 spiro atoms. The summed E-state index contributed by atoms with van der Waals surface area (Å²) in [4.78, 5) is 0.368. The van der Waals surface area contributed by atoms with Gasteiger partial charge in [-0.3, -0.25) is 0 Å². The summed E-state index contributed by atoms with van der Waals surface area (Å²) in [7, 11) is -3.15. The summed E-state index contributed by atoms with van der Waals surface area (Å²) in [5.41, 5.74) is 0.992. The van der Waals surface area contributed by atoms with Gasteiger partial charge in [-0.1, -0.05) is 25.1 Å². The van der Waals surface area contributed by atoms with E-state index in [0.29, 0.717) is 4.90 Å². The lowest BCUT2D eigenvalue weighted by atomic mass is 10.0. The third kappa shape index (κ3) is 4.27. The lowest BCUT2D eigenvalue weighted by Crippen LogP contribution is -2.21. The third-order valence-electron chi connectivity index (χ3n) is 2.73. The van der Waals surface area contributed by atoms with Crippen LogP contribution >= 0.6 is 0 Å². The number of sulfone groups is 1. The lowest BCUT2D eigenvalue weighted by Gasteiger charge is -2.17. The van der Waals surface area contributed by atoms with E-state index in [1.54, 1.807) is 18.2 Å². The highest BCUT2D eigenvalue weighted by Gasteiger charge is 2.12. The van der Waals surface area contributed by atoms with Crippen LogP contribution < -0.4 is 5.32 Å². The lowest BCUT2D eigenvalue weighted by molar-refractivity contribution is 0.536. The fourth-order valence-corrected chi connectivity index (χ4v) is 2.46. The van der Waals surface area contributed by atoms with Crippen LogP contribution in [0, 0.1) is 0 Å². The molecule has 0 amide bonds. The highest BCUT2D eigenvalue weighted by atomic mass is 32.2. The molecule has 0 saturated heterocycles. The van der Waals surface area contributed by atoms with Crippen LogP contribution in [0.3, 0.4) is 0 Å². The van der Waals surface area contributed by atoms with Crippen LogP contribution in [-0.2, 0) is 9.84 Å². The van der Waals surface area contributed by atoms with Crippen molar-refractivity contribution in [1.82, 2.24) is 5.32 Å². The molecule has 18 heavy (non-hydrogen) atoms. The van der Waals surface area contributed by atoms with Crippen LogP contribution in [-0.4, -0.2) is 21.2 Å². The Labute approximate surface area is 110 Å². The van der Waals surface area contributed by atoms with Crippen molar-refractivity contribution in [1.29, 1.82) is 0 Å². The second-order valence-corrected chi connectivity index (χ2v) is 6.39. The molecule has 1 unspecified atom stereocenters. The van der Waals surface area contributed by atoms with Crippen molar-refractivity contribution in [3.8, 4) is 0 Å². The Kier molecular flexibility index (Phi) is 5.56. The van der Waals surface area contributed by atoms with Gasteiger partial charge in [-0.2, -0.15) is 0 Å². The standard InChI is InChI=1S/C14H21NO2S/c1-4-7-14(15-10-5-2)12-8-6-9-13(11-12)18(3,16)17/h4,6,8-9,11,14-15H,1,5,7,10H2,2-3H3. The fraction of sp³-hybridized carbons (Fsp3) is 0.429. The van der Waals surface area contributed by atoms with Crippen LogP contribution in [0.15, 0.2) is 41.8 Å². The van der Waals surface area contributed by atoms with E-state index < -0.39 is 9.84 Å². The van der Waals surface area contributed by atoms with E-state index >= 15 is 0 Å². The topological polar surface area (TPSA) is 46.2 Å². The molecule has 0 bridgehead atoms. The Hall–Kier alpha value is -1.13. The Bertz CT molecular complexity index is 494. The Balaban J connectivity index is 3.01. The molecule has 0 radical (unpaired) electrons. The largest absolute Gasteiger partial charge is 0.310 e. The van der Waals surface area contributed by atoms with Crippen LogP contribution in [0.25, 0.3) is 0 Å². The van der Waals surface area contributed by atoms with Crippen LogP contribution in [0.1, 0.15) is 31.4 Å². The predicted octanol–water partition coefficient (Wildman–Crippen LogP) is 2.71. The quantitative estimate of drug-likeness (QED) is 0.773. The number of benzene rings is 1. The smallest absolute Gasteiger partial charge is 0.175 e. The molecule has 4 heteroatoms. The van der Waals surface area contributed by atoms with Crippen LogP contribution in [0.4, 0.5) is 0 Å². The molecule has 1 rings (SSSR count). The number of hydrogen-bond acceptors (Lipinski definition) is 3. The molecular formula is C14H21NO2S. The molecule has 0 aliphatic carbocycles. The molecule has 0 heterocycles. The number of nitrogens with one attached hydrogen (secondary N) is 1. The summed E-state index contributed by atoms with van der Waals surface area (Å²) in [5, 5.41) is 3.40. The molecule has 0 fully saturated rings. The van der Waals surface area contributed by atoms with Gasteiger partial charge in [-0.25, -0.2) is 8.42 Å². The van der Waals surface area contributed by atoms with Crippen molar-refractivity contribution >= 4 is 9.84 Å². The van der Waals surface area contributed by atoms with Crippen molar-refractivity contribution < 1.29 is 8.42 Å².